The van der Waals surface area contributed by atoms with E-state index in [0.29, 0.717) is 19.5 Å². The van der Waals surface area contributed by atoms with Gasteiger partial charge in [0.05, 0.1) is 12.4 Å². The first-order chi connectivity index (χ1) is 9.75. The van der Waals surface area contributed by atoms with Gasteiger partial charge in [-0.25, -0.2) is 12.7 Å². The number of piperidine rings is 1. The molecule has 0 radical (unpaired) electrons. The van der Waals surface area contributed by atoms with Crippen molar-refractivity contribution in [2.45, 2.75) is 56.6 Å². The third-order valence-electron chi connectivity index (χ3n) is 5.49. The number of sulfonamides is 1. The Morgan fingerprint density at radius 2 is 1.90 bits per heavy atom. The van der Waals surface area contributed by atoms with Crippen molar-refractivity contribution >= 4 is 10.0 Å². The standard InChI is InChI=1S/C15H30N2O3S/c1-16(2)15(8-4-5-9-15)14(18)11-13-7-6-10-17(12-13)21(3,19)20/h13-14,18H,4-12H2,1-3H3. The van der Waals surface area contributed by atoms with Crippen molar-refractivity contribution in [3.05, 3.63) is 0 Å². The number of aliphatic hydroxyl groups excluding tert-OH is 1. The van der Waals surface area contributed by atoms with Crippen LogP contribution in [0.15, 0.2) is 0 Å². The Labute approximate surface area is 129 Å². The van der Waals surface area contributed by atoms with Gasteiger partial charge in [-0.15, -0.1) is 0 Å². The molecular weight excluding hydrogens is 288 g/mol. The second kappa shape index (κ2) is 6.52. The normalized spacial score (nSPS) is 28.9. The smallest absolute Gasteiger partial charge is 0.211 e. The monoisotopic (exact) mass is 318 g/mol. The molecule has 2 fully saturated rings. The number of rotatable bonds is 5. The largest absolute Gasteiger partial charge is 0.391 e. The molecule has 0 bridgehead atoms. The molecule has 0 amide bonds. The lowest BCUT2D eigenvalue weighted by molar-refractivity contribution is -0.0207. The summed E-state index contributed by atoms with van der Waals surface area (Å²) in [4.78, 5) is 2.18. The second-order valence-electron chi connectivity index (χ2n) is 7.09. The molecule has 1 saturated heterocycles. The number of hydrogen-bond donors (Lipinski definition) is 1. The number of likely N-dealkylation sites (N-methyl/N-ethyl adjacent to an activating group) is 1. The lowest BCUT2D eigenvalue weighted by Gasteiger charge is -2.43. The molecule has 0 aromatic carbocycles. The number of nitrogens with zero attached hydrogens (tertiary/aromatic N) is 2. The molecule has 1 aliphatic carbocycles. The van der Waals surface area contributed by atoms with Gasteiger partial charge in [0.1, 0.15) is 0 Å². The Hall–Kier alpha value is -0.170. The maximum Gasteiger partial charge on any atom is 0.211 e. The molecule has 5 nitrogen and oxygen atoms in total. The van der Waals surface area contributed by atoms with Crippen molar-refractivity contribution in [2.75, 3.05) is 33.4 Å². The lowest BCUT2D eigenvalue weighted by atomic mass is 9.81. The maximum atomic E-state index is 11.7. The van der Waals surface area contributed by atoms with E-state index in [2.05, 4.69) is 19.0 Å². The van der Waals surface area contributed by atoms with Gasteiger partial charge in [-0.3, -0.25) is 0 Å². The Kier molecular flexibility index (Phi) is 5.34. The van der Waals surface area contributed by atoms with Crippen LogP contribution in [-0.4, -0.2) is 67.8 Å². The van der Waals surface area contributed by atoms with E-state index < -0.39 is 10.0 Å². The number of aliphatic hydroxyl groups is 1. The van der Waals surface area contributed by atoms with Gasteiger partial charge in [0.15, 0.2) is 0 Å². The van der Waals surface area contributed by atoms with Crippen LogP contribution in [0, 0.1) is 5.92 Å². The molecule has 1 N–H and O–H groups in total. The van der Waals surface area contributed by atoms with Crippen LogP contribution in [0.4, 0.5) is 0 Å². The molecule has 124 valence electrons. The predicted molar refractivity (Wildman–Crippen MR) is 84.7 cm³/mol. The van der Waals surface area contributed by atoms with Gasteiger partial charge in [-0.2, -0.15) is 0 Å². The SMILES string of the molecule is CN(C)C1(C(O)CC2CCCN(S(C)(=O)=O)C2)CCCC1. The zero-order valence-electron chi connectivity index (χ0n) is 13.6. The van der Waals surface area contributed by atoms with Crippen molar-refractivity contribution in [1.29, 1.82) is 0 Å². The van der Waals surface area contributed by atoms with Crippen LogP contribution in [-0.2, 0) is 10.0 Å². The Bertz CT molecular complexity index is 444. The van der Waals surface area contributed by atoms with Gasteiger partial charge >= 0.3 is 0 Å². The fraction of sp³-hybridized carbons (Fsp3) is 1.00. The third-order valence-corrected chi connectivity index (χ3v) is 6.76. The van der Waals surface area contributed by atoms with Gasteiger partial charge in [-0.1, -0.05) is 12.8 Å². The molecule has 0 aromatic rings. The van der Waals surface area contributed by atoms with Crippen LogP contribution in [0.5, 0.6) is 0 Å². The van der Waals surface area contributed by atoms with E-state index in [0.717, 1.165) is 25.7 Å². The van der Waals surface area contributed by atoms with Crippen molar-refractivity contribution in [3.63, 3.8) is 0 Å². The summed E-state index contributed by atoms with van der Waals surface area (Å²) in [5.41, 5.74) is -0.104. The maximum absolute atomic E-state index is 11.7. The minimum Gasteiger partial charge on any atom is -0.391 e. The second-order valence-corrected chi connectivity index (χ2v) is 9.07. The predicted octanol–water partition coefficient (Wildman–Crippen LogP) is 1.28. The van der Waals surface area contributed by atoms with Crippen molar-refractivity contribution < 1.29 is 13.5 Å². The van der Waals surface area contributed by atoms with Crippen molar-refractivity contribution in [2.24, 2.45) is 5.92 Å². The average molecular weight is 318 g/mol. The van der Waals surface area contributed by atoms with E-state index in [1.165, 1.54) is 19.1 Å². The van der Waals surface area contributed by atoms with Crippen LogP contribution in [0.1, 0.15) is 44.9 Å². The van der Waals surface area contributed by atoms with Crippen LogP contribution in [0.3, 0.4) is 0 Å². The van der Waals surface area contributed by atoms with Crippen LogP contribution >= 0.6 is 0 Å². The third kappa shape index (κ3) is 3.78. The van der Waals surface area contributed by atoms with Gasteiger partial charge in [0, 0.05) is 18.6 Å². The summed E-state index contributed by atoms with van der Waals surface area (Å²) >= 11 is 0. The molecule has 2 unspecified atom stereocenters. The Morgan fingerprint density at radius 3 is 2.43 bits per heavy atom. The average Bonchev–Trinajstić information content (AvgIpc) is 2.88. The minimum absolute atomic E-state index is 0.104. The van der Waals surface area contributed by atoms with Gasteiger partial charge in [0.25, 0.3) is 0 Å². The van der Waals surface area contributed by atoms with Crippen LogP contribution in [0.25, 0.3) is 0 Å². The molecule has 1 saturated carbocycles. The highest BCUT2D eigenvalue weighted by Gasteiger charge is 2.43. The summed E-state index contributed by atoms with van der Waals surface area (Å²) in [6, 6.07) is 0. The summed E-state index contributed by atoms with van der Waals surface area (Å²) in [6.45, 7) is 1.20. The molecular formula is C15H30N2O3S. The zero-order valence-corrected chi connectivity index (χ0v) is 14.4. The van der Waals surface area contributed by atoms with Crippen LogP contribution in [0.2, 0.25) is 0 Å². The van der Waals surface area contributed by atoms with E-state index in [9.17, 15) is 13.5 Å². The first kappa shape index (κ1) is 17.2. The molecule has 6 heteroatoms. The fourth-order valence-corrected chi connectivity index (χ4v) is 5.06. The zero-order chi connectivity index (χ0) is 15.7. The molecule has 2 rings (SSSR count). The molecule has 0 aromatic heterocycles. The molecule has 2 aliphatic rings. The van der Waals surface area contributed by atoms with E-state index in [1.807, 2.05) is 0 Å². The fourth-order valence-electron chi connectivity index (χ4n) is 4.12. The minimum atomic E-state index is -3.10. The lowest BCUT2D eigenvalue weighted by Crippen LogP contribution is -2.53. The Balaban J connectivity index is 2.00. The van der Waals surface area contributed by atoms with Crippen molar-refractivity contribution in [3.8, 4) is 0 Å². The highest BCUT2D eigenvalue weighted by atomic mass is 32.2. The molecule has 1 heterocycles. The summed E-state index contributed by atoms with van der Waals surface area (Å²) < 4.78 is 25.0. The first-order valence-electron chi connectivity index (χ1n) is 8.06. The van der Waals surface area contributed by atoms with E-state index >= 15 is 0 Å². The first-order valence-corrected chi connectivity index (χ1v) is 9.91. The molecule has 21 heavy (non-hydrogen) atoms. The van der Waals surface area contributed by atoms with E-state index in [4.69, 9.17) is 0 Å². The topological polar surface area (TPSA) is 60.9 Å². The van der Waals surface area contributed by atoms with E-state index in [1.54, 1.807) is 4.31 Å². The van der Waals surface area contributed by atoms with Crippen molar-refractivity contribution in [1.82, 2.24) is 9.21 Å². The molecule has 0 spiro atoms. The summed E-state index contributed by atoms with van der Waals surface area (Å²) in [7, 11) is 1.00. The van der Waals surface area contributed by atoms with Gasteiger partial charge < -0.3 is 10.0 Å². The van der Waals surface area contributed by atoms with E-state index in [-0.39, 0.29) is 17.6 Å². The summed E-state index contributed by atoms with van der Waals surface area (Å²) in [6.07, 6.45) is 8.00. The molecule has 1 aliphatic heterocycles. The van der Waals surface area contributed by atoms with Gasteiger partial charge in [-0.05, 0) is 52.1 Å². The quantitative estimate of drug-likeness (QED) is 0.829. The highest BCUT2D eigenvalue weighted by molar-refractivity contribution is 7.88. The highest BCUT2D eigenvalue weighted by Crippen LogP contribution is 2.39. The van der Waals surface area contributed by atoms with Crippen LogP contribution < -0.4 is 0 Å². The Morgan fingerprint density at radius 1 is 1.29 bits per heavy atom. The molecule has 2 atom stereocenters. The number of hydrogen-bond acceptors (Lipinski definition) is 4. The van der Waals surface area contributed by atoms with Gasteiger partial charge in [0.2, 0.25) is 10.0 Å². The summed E-state index contributed by atoms with van der Waals surface area (Å²) in [5.74, 6) is 0.279. The summed E-state index contributed by atoms with van der Waals surface area (Å²) in [5, 5.41) is 10.8.